The zero-order chi connectivity index (χ0) is 63.0. The van der Waals surface area contributed by atoms with E-state index in [-0.39, 0.29) is 5.41 Å². The molecule has 0 saturated carbocycles. The molecule has 2 heterocycles. The number of rotatable bonds is 11. The lowest BCUT2D eigenvalue weighted by atomic mass is 9.67. The van der Waals surface area contributed by atoms with Crippen LogP contribution in [0.4, 0.5) is 0 Å². The van der Waals surface area contributed by atoms with Crippen molar-refractivity contribution in [1.82, 2.24) is 29.9 Å². The minimum atomic E-state index is -0.504. The van der Waals surface area contributed by atoms with Crippen molar-refractivity contribution < 1.29 is 0 Å². The Hall–Kier alpha value is -12.1. The molecule has 0 bridgehead atoms. The Bertz CT molecular complexity index is 5150. The second-order valence-corrected chi connectivity index (χ2v) is 24.5. The molecule has 0 radical (unpaired) electrons. The summed E-state index contributed by atoms with van der Waals surface area (Å²) < 4.78 is 0. The fraction of sp³-hybridized carbons (Fsp3) is 0.0455. The van der Waals surface area contributed by atoms with Crippen LogP contribution < -0.4 is 0 Å². The number of aromatic nitrogens is 6. The van der Waals surface area contributed by atoms with Gasteiger partial charge in [0, 0.05) is 38.8 Å². The number of benzene rings is 13. The molecule has 6 heteroatoms. The number of hydrogen-bond donors (Lipinski definition) is 0. The largest absolute Gasteiger partial charge is 0.208 e. The number of hydrogen-bond acceptors (Lipinski definition) is 6. The van der Waals surface area contributed by atoms with Gasteiger partial charge in [-0.05, 0) is 113 Å². The molecule has 444 valence electrons. The molecule has 0 amide bonds. The first-order valence-electron chi connectivity index (χ1n) is 32.0. The fourth-order valence-electron chi connectivity index (χ4n) is 13.9. The minimum Gasteiger partial charge on any atom is -0.208 e. The molecule has 0 N–H and O–H groups in total. The summed E-state index contributed by atoms with van der Waals surface area (Å²) in [4.78, 5) is 30.0. The third-order valence-corrected chi connectivity index (χ3v) is 18.6. The monoisotopic (exact) mass is 1200 g/mol. The van der Waals surface area contributed by atoms with E-state index in [0.717, 1.165) is 50.1 Å². The summed E-state index contributed by atoms with van der Waals surface area (Å²) in [7, 11) is 0. The third kappa shape index (κ3) is 10.5. The quantitative estimate of drug-likeness (QED) is 0.128. The Morgan fingerprint density at radius 2 is 0.447 bits per heavy atom. The van der Waals surface area contributed by atoms with E-state index in [0.29, 0.717) is 34.9 Å². The molecule has 17 rings (SSSR count). The van der Waals surface area contributed by atoms with Gasteiger partial charge < -0.3 is 0 Å². The van der Waals surface area contributed by atoms with Crippen molar-refractivity contribution in [1.29, 1.82) is 0 Å². The molecule has 15 aromatic rings. The second kappa shape index (κ2) is 24.3. The first-order chi connectivity index (χ1) is 46.3. The van der Waals surface area contributed by atoms with Gasteiger partial charge in [-0.2, -0.15) is 0 Å². The van der Waals surface area contributed by atoms with Gasteiger partial charge in [-0.15, -0.1) is 0 Å². The van der Waals surface area contributed by atoms with E-state index in [1.54, 1.807) is 0 Å². The SMILES string of the molecule is CC1(C)c2ccccc2-c2ccc(-c3cccc(-c4cccc(-c5nc(-c6ccccc6)nc(-c6ccccc6)n5)c4)c3)cc21.c1ccc(-c2ccc(-c3nc(-c4ccccc4)nc(-c4ccc5c(c4)C(c4ccccc4)(c4ccccc4)c4ccccc4-5)n3)cc2)cc1. The fourth-order valence-corrected chi connectivity index (χ4v) is 13.9. The van der Waals surface area contributed by atoms with E-state index in [9.17, 15) is 0 Å². The van der Waals surface area contributed by atoms with E-state index < -0.39 is 5.41 Å². The first-order valence-corrected chi connectivity index (χ1v) is 32.0. The Labute approximate surface area is 548 Å². The van der Waals surface area contributed by atoms with Crippen LogP contribution in [0.1, 0.15) is 47.2 Å². The van der Waals surface area contributed by atoms with E-state index in [1.807, 2.05) is 84.9 Å². The average molecular weight is 1200 g/mol. The molecule has 2 aromatic heterocycles. The van der Waals surface area contributed by atoms with Crippen LogP contribution in [0.25, 0.3) is 124 Å². The maximum absolute atomic E-state index is 5.15. The second-order valence-electron chi connectivity index (χ2n) is 24.5. The Kier molecular flexibility index (Phi) is 14.7. The van der Waals surface area contributed by atoms with Crippen molar-refractivity contribution in [2.75, 3.05) is 0 Å². The van der Waals surface area contributed by atoms with Gasteiger partial charge in [-0.1, -0.05) is 329 Å². The zero-order valence-corrected chi connectivity index (χ0v) is 52.0. The Balaban J connectivity index is 0.000000149. The molecule has 6 nitrogen and oxygen atoms in total. The van der Waals surface area contributed by atoms with Gasteiger partial charge in [0.1, 0.15) is 0 Å². The summed E-state index contributed by atoms with van der Waals surface area (Å²) >= 11 is 0. The van der Waals surface area contributed by atoms with Gasteiger partial charge in [0.2, 0.25) is 0 Å². The topological polar surface area (TPSA) is 77.3 Å². The van der Waals surface area contributed by atoms with Crippen LogP contribution in [0.3, 0.4) is 0 Å². The summed E-state index contributed by atoms with van der Waals surface area (Å²) in [6, 6.07) is 120. The van der Waals surface area contributed by atoms with Crippen molar-refractivity contribution in [3.63, 3.8) is 0 Å². The Morgan fingerprint density at radius 1 is 0.181 bits per heavy atom. The highest BCUT2D eigenvalue weighted by atomic mass is 15.0. The van der Waals surface area contributed by atoms with Crippen molar-refractivity contribution in [2.24, 2.45) is 0 Å². The molecule has 0 fully saturated rings. The summed E-state index contributed by atoms with van der Waals surface area (Å²) in [5.74, 6) is 3.91. The average Bonchev–Trinajstić information content (AvgIpc) is 1.54. The normalized spacial score (nSPS) is 12.7. The number of fused-ring (bicyclic) bond motifs is 6. The highest BCUT2D eigenvalue weighted by Crippen LogP contribution is 2.57. The molecule has 0 spiro atoms. The first kappa shape index (κ1) is 57.1. The van der Waals surface area contributed by atoms with Crippen LogP contribution in [0.2, 0.25) is 0 Å². The summed E-state index contributed by atoms with van der Waals surface area (Å²) in [5, 5.41) is 0. The van der Waals surface area contributed by atoms with E-state index >= 15 is 0 Å². The highest BCUT2D eigenvalue weighted by molar-refractivity contribution is 5.89. The predicted octanol–water partition coefficient (Wildman–Crippen LogP) is 21.4. The zero-order valence-electron chi connectivity index (χ0n) is 52.0. The van der Waals surface area contributed by atoms with Crippen LogP contribution >= 0.6 is 0 Å². The molecule has 2 aliphatic rings. The molecule has 0 aliphatic heterocycles. The van der Waals surface area contributed by atoms with Gasteiger partial charge in [0.15, 0.2) is 34.9 Å². The lowest BCUT2D eigenvalue weighted by Gasteiger charge is -2.34. The minimum absolute atomic E-state index is 0.0321. The maximum Gasteiger partial charge on any atom is 0.164 e. The van der Waals surface area contributed by atoms with Crippen molar-refractivity contribution in [3.05, 3.63) is 373 Å². The third-order valence-electron chi connectivity index (χ3n) is 18.6. The van der Waals surface area contributed by atoms with Gasteiger partial charge in [0.25, 0.3) is 0 Å². The van der Waals surface area contributed by atoms with Gasteiger partial charge in [-0.3, -0.25) is 0 Å². The summed E-state index contributed by atoms with van der Waals surface area (Å²) in [6.07, 6.45) is 0. The lowest BCUT2D eigenvalue weighted by Crippen LogP contribution is -2.28. The molecule has 2 aliphatic carbocycles. The molecule has 94 heavy (non-hydrogen) atoms. The smallest absolute Gasteiger partial charge is 0.164 e. The van der Waals surface area contributed by atoms with Crippen LogP contribution in [0.5, 0.6) is 0 Å². The van der Waals surface area contributed by atoms with E-state index in [1.165, 1.54) is 72.3 Å². The highest BCUT2D eigenvalue weighted by Gasteiger charge is 2.46. The molecule has 13 aromatic carbocycles. The number of nitrogens with zero attached hydrogens (tertiary/aromatic N) is 6. The molecule has 0 saturated heterocycles. The van der Waals surface area contributed by atoms with Crippen LogP contribution in [0.15, 0.2) is 340 Å². The standard InChI is InChI=1S/C46H31N3.C42H31N3/c1-5-15-32(16-6-1)33-25-27-35(28-26-33)44-47-43(34-17-7-2-8-18-34)48-45(49-44)36-29-30-40-39-23-13-14-24-41(39)46(42(40)31-36,37-19-9-3-10-20-37)38-21-11-4-12-22-38;1-42(2)37-22-10-9-21-35(37)36-24-23-33(27-38(36)42)31-18-11-17-30(25-31)32-19-12-20-34(26-32)41-44-39(28-13-5-3-6-14-28)43-40(45-41)29-15-7-4-8-16-29/h1-31H;3-27H,1-2H3. The van der Waals surface area contributed by atoms with Gasteiger partial charge >= 0.3 is 0 Å². The lowest BCUT2D eigenvalue weighted by molar-refractivity contribution is 0.660. The maximum atomic E-state index is 5.15. The van der Waals surface area contributed by atoms with Crippen molar-refractivity contribution >= 4 is 0 Å². The van der Waals surface area contributed by atoms with Crippen LogP contribution in [-0.4, -0.2) is 29.9 Å². The van der Waals surface area contributed by atoms with E-state index in [4.69, 9.17) is 29.9 Å². The summed E-state index contributed by atoms with van der Waals surface area (Å²) in [5.41, 5.74) is 25.1. The Morgan fingerprint density at radius 3 is 0.926 bits per heavy atom. The molecule has 0 atom stereocenters. The van der Waals surface area contributed by atoms with Crippen molar-refractivity contribution in [2.45, 2.75) is 24.7 Å². The predicted molar refractivity (Wildman–Crippen MR) is 383 cm³/mol. The molecular formula is C88H62N6. The molecule has 0 unspecified atom stereocenters. The summed E-state index contributed by atoms with van der Waals surface area (Å²) in [6.45, 7) is 4.66. The molecular weight excluding hydrogens is 1140 g/mol. The van der Waals surface area contributed by atoms with Crippen LogP contribution in [0, 0.1) is 0 Å². The van der Waals surface area contributed by atoms with Crippen molar-refractivity contribution in [3.8, 4) is 124 Å². The van der Waals surface area contributed by atoms with Gasteiger partial charge in [-0.25, -0.2) is 29.9 Å². The van der Waals surface area contributed by atoms with E-state index in [2.05, 4.69) is 269 Å². The van der Waals surface area contributed by atoms with Crippen LogP contribution in [-0.2, 0) is 10.8 Å². The van der Waals surface area contributed by atoms with Gasteiger partial charge in [0.05, 0.1) is 5.41 Å².